The Morgan fingerprint density at radius 2 is 0.852 bits per heavy atom. The predicted molar refractivity (Wildman–Crippen MR) is 231 cm³/mol. The fraction of sp³-hybridized carbons (Fsp3) is 0.667. The number of hydrogen-bond acceptors (Lipinski definition) is 11. The molecule has 344 valence electrons. The number of carbonyl (C=O) groups excluding carboxylic acids is 7. The molecule has 8 atom stereocenters. The quantitative estimate of drug-likeness (QED) is 0.0452. The molecular weight excluding hydrogens is 789 g/mol. The van der Waals surface area contributed by atoms with E-state index in [1.807, 2.05) is 58.0 Å². The molecule has 0 spiro atoms. The molecule has 0 aromatic heterocycles. The van der Waals surface area contributed by atoms with Crippen molar-refractivity contribution in [1.29, 1.82) is 0 Å². The largest absolute Gasteiger partial charge is 0.480 e. The number of unbranched alkanes of at least 4 members (excludes halogenated alkanes) is 2. The van der Waals surface area contributed by atoms with E-state index in [0.29, 0.717) is 38.8 Å². The highest BCUT2D eigenvalue weighted by molar-refractivity contribution is 5.97. The monoisotopic (exact) mass is 861 g/mol. The van der Waals surface area contributed by atoms with E-state index in [0.717, 1.165) is 5.56 Å². The lowest BCUT2D eigenvalue weighted by Gasteiger charge is -2.27. The van der Waals surface area contributed by atoms with E-state index in [4.69, 9.17) is 17.2 Å². The molecule has 1 aromatic carbocycles. The molecule has 19 heteroatoms. The van der Waals surface area contributed by atoms with Gasteiger partial charge in [-0.1, -0.05) is 58.0 Å². The van der Waals surface area contributed by atoms with Crippen LogP contribution in [-0.4, -0.2) is 114 Å². The van der Waals surface area contributed by atoms with Gasteiger partial charge in [-0.2, -0.15) is 0 Å². The fourth-order valence-electron chi connectivity index (χ4n) is 6.19. The Kier molecular flexibility index (Phi) is 25.1. The second-order valence-corrected chi connectivity index (χ2v) is 16.4. The zero-order valence-corrected chi connectivity index (χ0v) is 36.9. The number of rotatable bonds is 29. The van der Waals surface area contributed by atoms with Gasteiger partial charge in [0, 0.05) is 0 Å². The van der Waals surface area contributed by atoms with Gasteiger partial charge in [-0.05, 0) is 109 Å². The summed E-state index contributed by atoms with van der Waals surface area (Å²) >= 11 is 0. The van der Waals surface area contributed by atoms with Gasteiger partial charge in [-0.15, -0.1) is 0 Å². The standard InChI is InChI=1S/C42H72N10O9/c1-24(2)21-33(41(59)50-32(18-12-14-20-44)40(58)48-28(7)37(55)52-34(42(60)61)22-25(3)4)51-36(54)27(6)47-39(57)31(17-11-13-19-43)49-35(53)26(5)46-38(56)30(45)23-29-15-9-8-10-16-29/h8-10,15-16,24-28,30-34H,11-14,17-23,43-45H2,1-7H3,(H,46,56)(H,47,57)(H,48,58)(H,49,53)(H,50,59)(H,51,54)(H,52,55)(H,60,61). The molecule has 0 fully saturated rings. The van der Waals surface area contributed by atoms with Gasteiger partial charge in [0.05, 0.1) is 6.04 Å². The lowest BCUT2D eigenvalue weighted by atomic mass is 10.0. The molecule has 0 aliphatic heterocycles. The molecular formula is C42H72N10O9. The minimum Gasteiger partial charge on any atom is -0.480 e. The first-order valence-corrected chi connectivity index (χ1v) is 21.2. The summed E-state index contributed by atoms with van der Waals surface area (Å²) in [5, 5.41) is 27.7. The molecule has 61 heavy (non-hydrogen) atoms. The van der Waals surface area contributed by atoms with Crippen LogP contribution in [-0.2, 0) is 44.8 Å². The normalized spacial score (nSPS) is 15.1. The van der Waals surface area contributed by atoms with Gasteiger partial charge >= 0.3 is 5.97 Å². The Labute approximate surface area is 360 Å². The van der Waals surface area contributed by atoms with E-state index in [9.17, 15) is 43.5 Å². The number of carboxylic acids is 1. The number of nitrogens with one attached hydrogen (secondary N) is 7. The average Bonchev–Trinajstić information content (AvgIpc) is 3.19. The van der Waals surface area contributed by atoms with Gasteiger partial charge in [-0.25, -0.2) is 4.79 Å². The Morgan fingerprint density at radius 1 is 0.492 bits per heavy atom. The van der Waals surface area contributed by atoms with Crippen LogP contribution in [0.15, 0.2) is 30.3 Å². The summed E-state index contributed by atoms with van der Waals surface area (Å²) in [4.78, 5) is 105. The number of benzene rings is 1. The van der Waals surface area contributed by atoms with Crippen LogP contribution in [0.1, 0.15) is 105 Å². The summed E-state index contributed by atoms with van der Waals surface area (Å²) < 4.78 is 0. The van der Waals surface area contributed by atoms with Gasteiger partial charge in [0.25, 0.3) is 0 Å². The lowest BCUT2D eigenvalue weighted by Crippen LogP contribution is -2.59. The van der Waals surface area contributed by atoms with Crippen LogP contribution in [0.3, 0.4) is 0 Å². The molecule has 0 aliphatic carbocycles. The van der Waals surface area contributed by atoms with E-state index in [1.165, 1.54) is 20.8 Å². The van der Waals surface area contributed by atoms with E-state index >= 15 is 0 Å². The van der Waals surface area contributed by atoms with Crippen molar-refractivity contribution in [1.82, 2.24) is 37.2 Å². The van der Waals surface area contributed by atoms with Crippen molar-refractivity contribution in [2.45, 2.75) is 155 Å². The third kappa shape index (κ3) is 21.3. The number of carboxylic acid groups (broad SMARTS) is 1. The number of amides is 7. The van der Waals surface area contributed by atoms with Crippen molar-refractivity contribution >= 4 is 47.3 Å². The lowest BCUT2D eigenvalue weighted by molar-refractivity contribution is -0.142. The molecule has 0 saturated carbocycles. The summed E-state index contributed by atoms with van der Waals surface area (Å²) in [6.07, 6.45) is 2.96. The number of carbonyl (C=O) groups is 8. The van der Waals surface area contributed by atoms with E-state index < -0.39 is 95.7 Å². The first kappa shape index (κ1) is 53.9. The molecule has 1 aromatic rings. The maximum Gasteiger partial charge on any atom is 0.326 e. The van der Waals surface area contributed by atoms with E-state index in [1.54, 1.807) is 0 Å². The zero-order valence-electron chi connectivity index (χ0n) is 36.9. The van der Waals surface area contributed by atoms with Gasteiger partial charge in [0.15, 0.2) is 0 Å². The Hall–Kier alpha value is -5.14. The van der Waals surface area contributed by atoms with Crippen LogP contribution < -0.4 is 54.4 Å². The number of aliphatic carboxylic acids is 1. The fourth-order valence-corrected chi connectivity index (χ4v) is 6.19. The SMILES string of the molecule is CC(C)CC(NC(=O)C(C)NC(=O)C(CCCCN)NC(=O)C(CC(C)C)NC(=O)C(C)NC(=O)C(CCCCN)NC(=O)C(C)NC(=O)C(N)Cc1ccccc1)C(=O)O. The third-order valence-corrected chi connectivity index (χ3v) is 9.71. The highest BCUT2D eigenvalue weighted by Gasteiger charge is 2.32. The van der Waals surface area contributed by atoms with Crippen LogP contribution in [0, 0.1) is 11.8 Å². The summed E-state index contributed by atoms with van der Waals surface area (Å²) in [5.41, 5.74) is 18.2. The minimum absolute atomic E-state index is 0.0183. The van der Waals surface area contributed by atoms with E-state index in [-0.39, 0.29) is 43.9 Å². The molecule has 8 unspecified atom stereocenters. The zero-order chi connectivity index (χ0) is 46.2. The average molecular weight is 861 g/mol. The summed E-state index contributed by atoms with van der Waals surface area (Å²) in [5.74, 6) is -5.98. The van der Waals surface area contributed by atoms with Crippen molar-refractivity contribution in [2.24, 2.45) is 29.0 Å². The smallest absolute Gasteiger partial charge is 0.326 e. The molecule has 1 rings (SSSR count). The second-order valence-electron chi connectivity index (χ2n) is 16.4. The summed E-state index contributed by atoms with van der Waals surface area (Å²) in [6, 6.07) is 0.368. The van der Waals surface area contributed by atoms with Crippen LogP contribution in [0.5, 0.6) is 0 Å². The first-order valence-electron chi connectivity index (χ1n) is 21.2. The Morgan fingerprint density at radius 3 is 1.26 bits per heavy atom. The second kappa shape index (κ2) is 28.4. The maximum absolute atomic E-state index is 13.7. The Balaban J connectivity index is 3.05. The molecule has 19 nitrogen and oxygen atoms in total. The molecule has 0 saturated heterocycles. The van der Waals surface area contributed by atoms with Crippen LogP contribution in [0.4, 0.5) is 0 Å². The molecule has 0 bridgehead atoms. The van der Waals surface area contributed by atoms with Crippen LogP contribution in [0.25, 0.3) is 0 Å². The van der Waals surface area contributed by atoms with Gasteiger partial charge < -0.3 is 59.5 Å². The first-order chi connectivity index (χ1) is 28.7. The molecule has 0 aliphatic rings. The van der Waals surface area contributed by atoms with E-state index in [2.05, 4.69) is 37.2 Å². The third-order valence-electron chi connectivity index (χ3n) is 9.71. The predicted octanol–water partition coefficient (Wildman–Crippen LogP) is -0.556. The molecule has 0 radical (unpaired) electrons. The van der Waals surface area contributed by atoms with Crippen molar-refractivity contribution < 1.29 is 43.5 Å². The van der Waals surface area contributed by atoms with Crippen molar-refractivity contribution in [3.63, 3.8) is 0 Å². The van der Waals surface area contributed by atoms with Crippen molar-refractivity contribution in [3.8, 4) is 0 Å². The van der Waals surface area contributed by atoms with Gasteiger partial charge in [0.1, 0.15) is 42.3 Å². The van der Waals surface area contributed by atoms with Crippen LogP contribution >= 0.6 is 0 Å². The molecule has 14 N–H and O–H groups in total. The van der Waals surface area contributed by atoms with Gasteiger partial charge in [-0.3, -0.25) is 33.6 Å². The highest BCUT2D eigenvalue weighted by Crippen LogP contribution is 2.10. The topological polar surface area (TPSA) is 319 Å². The van der Waals surface area contributed by atoms with Crippen molar-refractivity contribution in [2.75, 3.05) is 13.1 Å². The molecule has 0 heterocycles. The maximum atomic E-state index is 13.7. The van der Waals surface area contributed by atoms with Gasteiger partial charge in [0.2, 0.25) is 41.4 Å². The molecule has 7 amide bonds. The highest BCUT2D eigenvalue weighted by atomic mass is 16.4. The summed E-state index contributed by atoms with van der Waals surface area (Å²) in [7, 11) is 0. The Bertz CT molecular complexity index is 1580. The number of nitrogens with two attached hydrogens (primary N) is 3. The summed E-state index contributed by atoms with van der Waals surface area (Å²) in [6.45, 7) is 12.3. The number of hydrogen-bond donors (Lipinski definition) is 11. The van der Waals surface area contributed by atoms with Crippen molar-refractivity contribution in [3.05, 3.63) is 35.9 Å². The minimum atomic E-state index is -1.21. The van der Waals surface area contributed by atoms with Crippen LogP contribution in [0.2, 0.25) is 0 Å².